The summed E-state index contributed by atoms with van der Waals surface area (Å²) in [4.78, 5) is 0.490. The van der Waals surface area contributed by atoms with Crippen molar-refractivity contribution >= 4 is 25.8 Å². The molecule has 0 spiro atoms. The van der Waals surface area contributed by atoms with E-state index >= 15 is 0 Å². The van der Waals surface area contributed by atoms with Gasteiger partial charge in [-0.25, -0.2) is 8.42 Å². The second-order valence-corrected chi connectivity index (χ2v) is 7.66. The maximum Gasteiger partial charge on any atom is 0.179 e. The minimum Gasteiger partial charge on any atom is -0.307 e. The fourth-order valence-electron chi connectivity index (χ4n) is 2.37. The summed E-state index contributed by atoms with van der Waals surface area (Å²) in [5.41, 5.74) is 0.928. The minimum absolute atomic E-state index is 0.193. The Kier molecular flexibility index (Phi) is 2.80. The van der Waals surface area contributed by atoms with Crippen LogP contribution in [0.2, 0.25) is 0 Å². The van der Waals surface area contributed by atoms with Crippen molar-refractivity contribution in [3.63, 3.8) is 0 Å². The lowest BCUT2D eigenvalue weighted by Gasteiger charge is -2.27. The average Bonchev–Trinajstić information content (AvgIpc) is 3.06. The molecule has 0 saturated heterocycles. The third-order valence-electron chi connectivity index (χ3n) is 3.37. The molecule has 1 aromatic rings. The summed E-state index contributed by atoms with van der Waals surface area (Å²) < 4.78 is 24.9. The molecule has 3 rings (SSSR count). The predicted octanol–water partition coefficient (Wildman–Crippen LogP) is 2.42. The molecule has 2 aliphatic rings. The van der Waals surface area contributed by atoms with Crippen molar-refractivity contribution in [2.45, 2.75) is 36.2 Å². The van der Waals surface area contributed by atoms with E-state index in [1.807, 2.05) is 12.1 Å². The first-order valence-electron chi connectivity index (χ1n) is 5.85. The molecule has 1 atom stereocenters. The topological polar surface area (TPSA) is 46.2 Å². The summed E-state index contributed by atoms with van der Waals surface area (Å²) in [7, 11) is -3.11. The second-order valence-electron chi connectivity index (χ2n) is 4.76. The molecule has 5 heteroatoms. The average molecular weight is 316 g/mol. The molecule has 3 nitrogen and oxygen atoms in total. The Morgan fingerprint density at radius 1 is 1.24 bits per heavy atom. The Bertz CT molecular complexity index is 552. The molecule has 17 heavy (non-hydrogen) atoms. The smallest absolute Gasteiger partial charge is 0.179 e. The Balaban J connectivity index is 2.07. The maximum absolute atomic E-state index is 12.1. The fourth-order valence-corrected chi connectivity index (χ4v) is 5.17. The Morgan fingerprint density at radius 2 is 2.00 bits per heavy atom. The Labute approximate surface area is 110 Å². The number of hydrogen-bond donors (Lipinski definition) is 1. The third kappa shape index (κ3) is 2.16. The van der Waals surface area contributed by atoms with Crippen LogP contribution >= 0.6 is 15.9 Å². The van der Waals surface area contributed by atoms with Crippen LogP contribution in [0, 0.1) is 0 Å². The summed E-state index contributed by atoms with van der Waals surface area (Å²) in [6.07, 6.45) is 3.11. The van der Waals surface area contributed by atoms with E-state index in [1.165, 1.54) is 12.8 Å². The molecule has 1 heterocycles. The van der Waals surface area contributed by atoms with E-state index in [-0.39, 0.29) is 11.8 Å². The first kappa shape index (κ1) is 11.7. The first-order chi connectivity index (χ1) is 8.08. The van der Waals surface area contributed by atoms with E-state index in [0.717, 1.165) is 5.56 Å². The molecule has 1 aliphatic carbocycles. The SMILES string of the molecule is O=S1(=O)CCC(NC2CC2)c2cccc(Br)c21. The van der Waals surface area contributed by atoms with Gasteiger partial charge in [0.15, 0.2) is 9.84 Å². The van der Waals surface area contributed by atoms with E-state index in [0.29, 0.717) is 21.8 Å². The van der Waals surface area contributed by atoms with Crippen LogP contribution in [0.4, 0.5) is 0 Å². The van der Waals surface area contributed by atoms with E-state index in [4.69, 9.17) is 0 Å². The predicted molar refractivity (Wildman–Crippen MR) is 69.7 cm³/mol. The zero-order chi connectivity index (χ0) is 12.0. The van der Waals surface area contributed by atoms with Crippen molar-refractivity contribution in [1.29, 1.82) is 0 Å². The van der Waals surface area contributed by atoms with Gasteiger partial charge in [0.05, 0.1) is 10.6 Å². The number of sulfone groups is 1. The van der Waals surface area contributed by atoms with Gasteiger partial charge in [0, 0.05) is 16.6 Å². The number of rotatable bonds is 2. The third-order valence-corrected chi connectivity index (χ3v) is 6.15. The van der Waals surface area contributed by atoms with Gasteiger partial charge in [0.25, 0.3) is 0 Å². The monoisotopic (exact) mass is 315 g/mol. The van der Waals surface area contributed by atoms with E-state index in [2.05, 4.69) is 21.2 Å². The minimum atomic E-state index is -3.11. The van der Waals surface area contributed by atoms with Crippen LogP contribution in [0.15, 0.2) is 27.6 Å². The van der Waals surface area contributed by atoms with Gasteiger partial charge >= 0.3 is 0 Å². The fraction of sp³-hybridized carbons (Fsp3) is 0.500. The molecule has 1 saturated carbocycles. The largest absolute Gasteiger partial charge is 0.307 e. The highest BCUT2D eigenvalue weighted by atomic mass is 79.9. The summed E-state index contributed by atoms with van der Waals surface area (Å²) in [5, 5.41) is 3.53. The summed E-state index contributed by atoms with van der Waals surface area (Å²) >= 11 is 3.36. The number of hydrogen-bond acceptors (Lipinski definition) is 3. The molecule has 0 radical (unpaired) electrons. The lowest BCUT2D eigenvalue weighted by atomic mass is 10.0. The number of halogens is 1. The van der Waals surface area contributed by atoms with Gasteiger partial charge in [-0.3, -0.25) is 0 Å². The van der Waals surface area contributed by atoms with Gasteiger partial charge in [-0.2, -0.15) is 0 Å². The molecular formula is C12H14BrNO2S. The molecule has 1 aliphatic heterocycles. The zero-order valence-electron chi connectivity index (χ0n) is 9.32. The molecule has 0 bridgehead atoms. The van der Waals surface area contributed by atoms with Crippen LogP contribution in [0.3, 0.4) is 0 Å². The van der Waals surface area contributed by atoms with Gasteiger partial charge in [-0.1, -0.05) is 12.1 Å². The lowest BCUT2D eigenvalue weighted by molar-refractivity contribution is 0.489. The molecule has 0 amide bonds. The van der Waals surface area contributed by atoms with Gasteiger partial charge < -0.3 is 5.32 Å². The Morgan fingerprint density at radius 3 is 2.71 bits per heavy atom. The van der Waals surface area contributed by atoms with Crippen molar-refractivity contribution < 1.29 is 8.42 Å². The number of benzene rings is 1. The molecule has 92 valence electrons. The van der Waals surface area contributed by atoms with Crippen LogP contribution in [0.25, 0.3) is 0 Å². The Hall–Kier alpha value is -0.390. The number of nitrogens with one attached hydrogen (secondary N) is 1. The summed E-state index contributed by atoms with van der Waals surface area (Å²) in [5.74, 6) is 0.243. The summed E-state index contributed by atoms with van der Waals surface area (Å²) in [6.45, 7) is 0. The highest BCUT2D eigenvalue weighted by molar-refractivity contribution is 9.10. The van der Waals surface area contributed by atoms with Crippen LogP contribution in [0.1, 0.15) is 30.9 Å². The molecule has 1 fully saturated rings. The highest BCUT2D eigenvalue weighted by Crippen LogP contribution is 2.38. The van der Waals surface area contributed by atoms with Crippen molar-refractivity contribution in [1.82, 2.24) is 5.32 Å². The van der Waals surface area contributed by atoms with Crippen LogP contribution in [-0.4, -0.2) is 20.2 Å². The molecular weight excluding hydrogens is 302 g/mol. The maximum atomic E-state index is 12.1. The van der Waals surface area contributed by atoms with Gasteiger partial charge in [0.1, 0.15) is 0 Å². The number of fused-ring (bicyclic) bond motifs is 1. The second kappa shape index (κ2) is 4.07. The first-order valence-corrected chi connectivity index (χ1v) is 8.30. The molecule has 1 unspecified atom stereocenters. The lowest BCUT2D eigenvalue weighted by Crippen LogP contribution is -2.31. The normalized spacial score (nSPS) is 26.5. The van der Waals surface area contributed by atoms with E-state index < -0.39 is 9.84 Å². The highest BCUT2D eigenvalue weighted by Gasteiger charge is 2.34. The van der Waals surface area contributed by atoms with Crippen molar-refractivity contribution in [2.75, 3.05) is 5.75 Å². The van der Waals surface area contributed by atoms with Crippen LogP contribution in [-0.2, 0) is 9.84 Å². The molecule has 0 aromatic heterocycles. The molecule has 1 N–H and O–H groups in total. The quantitative estimate of drug-likeness (QED) is 0.911. The van der Waals surface area contributed by atoms with E-state index in [9.17, 15) is 8.42 Å². The van der Waals surface area contributed by atoms with Crippen molar-refractivity contribution in [3.05, 3.63) is 28.2 Å². The van der Waals surface area contributed by atoms with Crippen molar-refractivity contribution in [3.8, 4) is 0 Å². The summed E-state index contributed by atoms with van der Waals surface area (Å²) in [6, 6.07) is 6.42. The standard InChI is InChI=1S/C12H14BrNO2S/c13-10-3-1-2-9-11(14-8-4-5-8)6-7-17(15,16)12(9)10/h1-3,8,11,14H,4-7H2. The van der Waals surface area contributed by atoms with E-state index in [1.54, 1.807) is 6.07 Å². The van der Waals surface area contributed by atoms with Crippen molar-refractivity contribution in [2.24, 2.45) is 0 Å². The van der Waals surface area contributed by atoms with Crippen LogP contribution in [0.5, 0.6) is 0 Å². The molecule has 1 aromatic carbocycles. The van der Waals surface area contributed by atoms with Gasteiger partial charge in [-0.05, 0) is 46.8 Å². The van der Waals surface area contributed by atoms with Gasteiger partial charge in [-0.15, -0.1) is 0 Å². The van der Waals surface area contributed by atoms with Crippen LogP contribution < -0.4 is 5.32 Å². The van der Waals surface area contributed by atoms with Gasteiger partial charge in [0.2, 0.25) is 0 Å². The zero-order valence-corrected chi connectivity index (χ0v) is 11.7.